The molecule has 0 aliphatic carbocycles. The van der Waals surface area contributed by atoms with E-state index in [1.807, 2.05) is 0 Å². The maximum Gasteiger partial charge on any atom is 0.323 e. The summed E-state index contributed by atoms with van der Waals surface area (Å²) in [4.78, 5) is 23.1. The normalized spacial score (nSPS) is 42.5. The summed E-state index contributed by atoms with van der Waals surface area (Å²) in [5, 5.41) is 93.5. The second-order valence-electron chi connectivity index (χ2n) is 7.72. The van der Waals surface area contributed by atoms with Crippen molar-refractivity contribution in [3.63, 3.8) is 0 Å². The van der Waals surface area contributed by atoms with E-state index in [2.05, 4.69) is 10.6 Å². The van der Waals surface area contributed by atoms with E-state index in [0.717, 1.165) is 6.92 Å². The van der Waals surface area contributed by atoms with Crippen molar-refractivity contribution < 1.29 is 69.8 Å². The predicted octanol–water partition coefficient (Wildman–Crippen LogP) is -6.89. The Morgan fingerprint density at radius 1 is 1.00 bits per heavy atom. The molecule has 0 spiro atoms. The largest absolute Gasteiger partial charge is 0.480 e. The third-order valence-electron chi connectivity index (χ3n) is 5.34. The third kappa shape index (κ3) is 5.94. The summed E-state index contributed by atoms with van der Waals surface area (Å²) in [5.74, 6) is -5.27. The number of carboxylic acids is 1. The molecule has 192 valence electrons. The summed E-state index contributed by atoms with van der Waals surface area (Å²) < 4.78 is 15.9. The molecule has 33 heavy (non-hydrogen) atoms. The number of rotatable bonds is 9. The number of nitrogens with one attached hydrogen (secondary N) is 2. The van der Waals surface area contributed by atoms with Crippen LogP contribution in [0.1, 0.15) is 6.92 Å². The molecule has 0 bridgehead atoms. The first-order chi connectivity index (χ1) is 15.4. The lowest BCUT2D eigenvalue weighted by molar-refractivity contribution is -0.371. The Bertz CT molecular complexity index is 682. The van der Waals surface area contributed by atoms with E-state index in [-0.39, 0.29) is 0 Å². The van der Waals surface area contributed by atoms with Crippen molar-refractivity contribution in [1.82, 2.24) is 10.6 Å². The molecule has 1 amide bonds. The lowest BCUT2D eigenvalue weighted by atomic mass is 9.92. The fourth-order valence-electron chi connectivity index (χ4n) is 3.60. The van der Waals surface area contributed by atoms with Gasteiger partial charge in [0.1, 0.15) is 54.8 Å². The van der Waals surface area contributed by atoms with Gasteiger partial charge in [-0.05, 0) is 0 Å². The average Bonchev–Trinajstić information content (AvgIpc) is 2.76. The van der Waals surface area contributed by atoms with E-state index in [4.69, 9.17) is 14.2 Å². The molecule has 2 rings (SSSR count). The van der Waals surface area contributed by atoms with Gasteiger partial charge in [0.15, 0.2) is 6.29 Å². The minimum atomic E-state index is -2.84. The first kappa shape index (κ1) is 27.7. The van der Waals surface area contributed by atoms with Crippen LogP contribution in [0.3, 0.4) is 0 Å². The standard InChI is InChI=1S/C17H30N2O14/c1-5(23)18-14-13(32-16-12(27)11(26)9(24)7(3-21)31-16)10(25)8(4-22)33-17(14,30)19-6(2-20)15(28)29/h6-14,16,19-22,24-27,30H,2-4H2,1H3,(H,18,23)(H,28,29)/t6-,7+,8+,9-,10-,11-,12+,13-,14+,16-,17-/m0/s1. The van der Waals surface area contributed by atoms with E-state index in [1.54, 1.807) is 0 Å². The minimum absolute atomic E-state index is 0.794. The average molecular weight is 486 g/mol. The summed E-state index contributed by atoms with van der Waals surface area (Å²) >= 11 is 0. The van der Waals surface area contributed by atoms with Crippen LogP contribution in [-0.2, 0) is 23.8 Å². The van der Waals surface area contributed by atoms with Gasteiger partial charge >= 0.3 is 5.97 Å². The van der Waals surface area contributed by atoms with Crippen LogP contribution in [0.5, 0.6) is 0 Å². The molecule has 16 nitrogen and oxygen atoms in total. The summed E-state index contributed by atoms with van der Waals surface area (Å²) in [5.41, 5.74) is 0. The highest BCUT2D eigenvalue weighted by molar-refractivity contribution is 5.74. The van der Waals surface area contributed by atoms with E-state index in [0.29, 0.717) is 0 Å². The molecule has 0 radical (unpaired) electrons. The molecule has 16 heteroatoms. The molecule has 2 aliphatic heterocycles. The highest BCUT2D eigenvalue weighted by Crippen LogP contribution is 2.32. The van der Waals surface area contributed by atoms with Gasteiger partial charge in [0, 0.05) is 6.92 Å². The fraction of sp³-hybridized carbons (Fsp3) is 0.882. The van der Waals surface area contributed by atoms with Crippen LogP contribution in [0.15, 0.2) is 0 Å². The molecule has 2 saturated heterocycles. The Balaban J connectivity index is 2.42. The molecule has 11 N–H and O–H groups in total. The second-order valence-corrected chi connectivity index (χ2v) is 7.72. The topological polar surface area (TPSA) is 268 Å². The van der Waals surface area contributed by atoms with Gasteiger partial charge in [0.25, 0.3) is 0 Å². The van der Waals surface area contributed by atoms with Gasteiger partial charge in [-0.2, -0.15) is 0 Å². The highest BCUT2D eigenvalue weighted by Gasteiger charge is 2.58. The summed E-state index contributed by atoms with van der Waals surface area (Å²) in [7, 11) is 0. The van der Waals surface area contributed by atoms with Gasteiger partial charge in [0.05, 0.1) is 19.8 Å². The quantitative estimate of drug-likeness (QED) is 0.135. The first-order valence-corrected chi connectivity index (χ1v) is 9.93. The summed E-state index contributed by atoms with van der Waals surface area (Å²) in [6.45, 7) is -1.74. The lowest BCUT2D eigenvalue weighted by Gasteiger charge is -2.51. The van der Waals surface area contributed by atoms with E-state index in [9.17, 15) is 55.5 Å². The number of aliphatic hydroxyl groups is 8. The number of carboxylic acid groups (broad SMARTS) is 1. The zero-order valence-electron chi connectivity index (χ0n) is 17.5. The Hall–Kier alpha value is -1.54. The van der Waals surface area contributed by atoms with Gasteiger partial charge < -0.3 is 65.5 Å². The smallest absolute Gasteiger partial charge is 0.323 e. The van der Waals surface area contributed by atoms with Gasteiger partial charge in [-0.3, -0.25) is 9.59 Å². The molecule has 2 fully saturated rings. The van der Waals surface area contributed by atoms with Crippen LogP contribution < -0.4 is 10.6 Å². The first-order valence-electron chi connectivity index (χ1n) is 9.93. The lowest BCUT2D eigenvalue weighted by Crippen LogP contribution is -2.77. The van der Waals surface area contributed by atoms with Gasteiger partial charge in [-0.1, -0.05) is 0 Å². The van der Waals surface area contributed by atoms with Crippen LogP contribution in [0, 0.1) is 0 Å². The molecule has 2 aliphatic rings. The Morgan fingerprint density at radius 3 is 2.09 bits per heavy atom. The van der Waals surface area contributed by atoms with Crippen LogP contribution in [-0.4, -0.2) is 145 Å². The number of ether oxygens (including phenoxy) is 3. The summed E-state index contributed by atoms with van der Waals surface area (Å²) in [6.07, 6.45) is -13.9. The number of carbonyl (C=O) groups is 2. The molecular formula is C17H30N2O14. The van der Waals surface area contributed by atoms with Gasteiger partial charge in [-0.15, -0.1) is 0 Å². The van der Waals surface area contributed by atoms with Crippen molar-refractivity contribution in [2.45, 2.75) is 73.9 Å². The molecule has 0 aromatic heterocycles. The molecule has 2 heterocycles. The highest BCUT2D eigenvalue weighted by atomic mass is 16.7. The number of aliphatic carboxylic acids is 1. The fourth-order valence-corrected chi connectivity index (χ4v) is 3.60. The number of carbonyl (C=O) groups excluding carboxylic acids is 1. The number of amides is 1. The number of hydrogen-bond acceptors (Lipinski definition) is 14. The zero-order chi connectivity index (χ0) is 25.1. The Labute approximate surface area is 186 Å². The minimum Gasteiger partial charge on any atom is -0.480 e. The second kappa shape index (κ2) is 11.3. The maximum absolute atomic E-state index is 11.8. The van der Waals surface area contributed by atoms with Gasteiger partial charge in [0.2, 0.25) is 11.8 Å². The summed E-state index contributed by atoms with van der Waals surface area (Å²) in [6, 6.07) is -3.65. The monoisotopic (exact) mass is 486 g/mol. The zero-order valence-corrected chi connectivity index (χ0v) is 17.5. The molecular weight excluding hydrogens is 456 g/mol. The van der Waals surface area contributed by atoms with Crippen molar-refractivity contribution in [3.05, 3.63) is 0 Å². The van der Waals surface area contributed by atoms with Crippen molar-refractivity contribution in [2.75, 3.05) is 19.8 Å². The molecule has 0 aromatic rings. The van der Waals surface area contributed by atoms with Crippen molar-refractivity contribution in [2.24, 2.45) is 0 Å². The number of aliphatic hydroxyl groups excluding tert-OH is 7. The maximum atomic E-state index is 11.8. The molecule has 0 unspecified atom stereocenters. The van der Waals surface area contributed by atoms with E-state index >= 15 is 0 Å². The molecule has 0 saturated carbocycles. The van der Waals surface area contributed by atoms with Crippen molar-refractivity contribution in [1.29, 1.82) is 0 Å². The van der Waals surface area contributed by atoms with Gasteiger partial charge in [-0.25, -0.2) is 5.32 Å². The van der Waals surface area contributed by atoms with E-state index < -0.39 is 98.7 Å². The van der Waals surface area contributed by atoms with Crippen molar-refractivity contribution in [3.8, 4) is 0 Å². The Kier molecular flexibility index (Phi) is 9.45. The van der Waals surface area contributed by atoms with Crippen LogP contribution >= 0.6 is 0 Å². The van der Waals surface area contributed by atoms with Crippen LogP contribution in [0.4, 0.5) is 0 Å². The van der Waals surface area contributed by atoms with Crippen molar-refractivity contribution >= 4 is 11.9 Å². The van der Waals surface area contributed by atoms with E-state index in [1.165, 1.54) is 0 Å². The Morgan fingerprint density at radius 2 is 1.61 bits per heavy atom. The number of hydrogen-bond donors (Lipinski definition) is 11. The van der Waals surface area contributed by atoms with Crippen LogP contribution in [0.25, 0.3) is 0 Å². The molecule has 0 aromatic carbocycles. The SMILES string of the molecule is CC(=O)N[C@@H]1[C@@H](O[C@@H]2O[C@H](CO)[C@H](O)[C@H](O)[C@H]2O)[C@@H](O)[C@@H](CO)O[C@]1(O)N[C@@H](CO)C(=O)O. The third-order valence-corrected chi connectivity index (χ3v) is 5.34. The van der Waals surface area contributed by atoms with Crippen LogP contribution in [0.2, 0.25) is 0 Å². The molecule has 11 atom stereocenters. The predicted molar refractivity (Wildman–Crippen MR) is 101 cm³/mol.